The normalized spacial score (nSPS) is 12.4. The Kier molecular flexibility index (Phi) is 6.21. The highest BCUT2D eigenvalue weighted by Crippen LogP contribution is 2.23. The van der Waals surface area contributed by atoms with Gasteiger partial charge in [0.05, 0.1) is 10.9 Å². The molecule has 4 rings (SSSR count). The summed E-state index contributed by atoms with van der Waals surface area (Å²) in [6.45, 7) is 1.92. The number of aromatic nitrogens is 2. The number of aryl methyl sites for hydroxylation is 1. The number of nitrogens with one attached hydrogen (secondary N) is 1. The van der Waals surface area contributed by atoms with Crippen molar-refractivity contribution in [3.63, 3.8) is 0 Å². The van der Waals surface area contributed by atoms with Gasteiger partial charge in [-0.3, -0.25) is 0 Å². The van der Waals surface area contributed by atoms with Crippen molar-refractivity contribution < 1.29 is 8.42 Å². The summed E-state index contributed by atoms with van der Waals surface area (Å²) in [5, 5.41) is 0. The predicted octanol–water partition coefficient (Wildman–Crippen LogP) is 4.71. The fraction of sp³-hybridized carbons (Fsp3) is 0.120. The van der Waals surface area contributed by atoms with Gasteiger partial charge >= 0.3 is 0 Å². The lowest BCUT2D eigenvalue weighted by Crippen LogP contribution is -2.30. The van der Waals surface area contributed by atoms with Crippen LogP contribution in [0.2, 0.25) is 0 Å². The van der Waals surface area contributed by atoms with E-state index in [-0.39, 0.29) is 4.90 Å². The topological polar surface area (TPSA) is 72.0 Å². The summed E-state index contributed by atoms with van der Waals surface area (Å²) in [6, 6.07) is 29.2. The molecule has 0 amide bonds. The maximum atomic E-state index is 13.0. The van der Waals surface area contributed by atoms with Crippen LogP contribution in [-0.2, 0) is 16.4 Å². The van der Waals surface area contributed by atoms with Crippen LogP contribution in [0, 0.1) is 6.92 Å². The van der Waals surface area contributed by atoms with Crippen molar-refractivity contribution in [3.8, 4) is 11.4 Å². The number of nitrogens with zero attached hydrogens (tertiary/aromatic N) is 2. The Hall–Kier alpha value is -3.35. The van der Waals surface area contributed by atoms with Crippen LogP contribution in [0.15, 0.2) is 102 Å². The molecular weight excluding hydrogens is 406 g/mol. The molecule has 0 aliphatic rings. The first-order chi connectivity index (χ1) is 15.0. The van der Waals surface area contributed by atoms with Crippen LogP contribution >= 0.6 is 0 Å². The quantitative estimate of drug-likeness (QED) is 0.462. The molecule has 0 spiro atoms. The van der Waals surface area contributed by atoms with E-state index in [0.717, 1.165) is 22.5 Å². The first-order valence-electron chi connectivity index (χ1n) is 10.0. The molecule has 0 fully saturated rings. The Morgan fingerprint density at radius 2 is 1.39 bits per heavy atom. The lowest BCUT2D eigenvalue weighted by atomic mass is 10.0. The summed E-state index contributed by atoms with van der Waals surface area (Å²) in [4.78, 5) is 9.52. The Labute approximate surface area is 182 Å². The van der Waals surface area contributed by atoms with E-state index in [2.05, 4.69) is 9.71 Å². The Morgan fingerprint density at radius 1 is 0.806 bits per heavy atom. The average Bonchev–Trinajstić information content (AvgIpc) is 2.80. The van der Waals surface area contributed by atoms with E-state index >= 15 is 0 Å². The van der Waals surface area contributed by atoms with E-state index in [1.165, 1.54) is 0 Å². The van der Waals surface area contributed by atoms with Gasteiger partial charge in [0.15, 0.2) is 5.82 Å². The zero-order valence-corrected chi connectivity index (χ0v) is 18.0. The highest BCUT2D eigenvalue weighted by atomic mass is 32.2. The summed E-state index contributed by atoms with van der Waals surface area (Å²) in [5.74, 6) is 0.633. The summed E-state index contributed by atoms with van der Waals surface area (Å²) < 4.78 is 28.9. The molecule has 1 aromatic heterocycles. The third-order valence-electron chi connectivity index (χ3n) is 4.91. The molecule has 0 radical (unpaired) electrons. The van der Waals surface area contributed by atoms with Crippen LogP contribution in [-0.4, -0.2) is 18.4 Å². The van der Waals surface area contributed by atoms with Gasteiger partial charge in [0, 0.05) is 23.4 Å². The minimum Gasteiger partial charge on any atom is -0.233 e. The minimum atomic E-state index is -3.69. The van der Waals surface area contributed by atoms with Gasteiger partial charge in [0.2, 0.25) is 10.0 Å². The van der Waals surface area contributed by atoms with Crippen LogP contribution in [0.4, 0.5) is 0 Å². The molecule has 3 aromatic carbocycles. The van der Waals surface area contributed by atoms with Gasteiger partial charge in [-0.2, -0.15) is 0 Å². The number of hydrogen-bond acceptors (Lipinski definition) is 4. The van der Waals surface area contributed by atoms with Gasteiger partial charge in [0.1, 0.15) is 0 Å². The summed E-state index contributed by atoms with van der Waals surface area (Å²) >= 11 is 0. The van der Waals surface area contributed by atoms with E-state index in [9.17, 15) is 8.42 Å². The molecule has 1 atom stereocenters. The van der Waals surface area contributed by atoms with Crippen molar-refractivity contribution >= 4 is 10.0 Å². The SMILES string of the molecule is Cc1cc(CC(NS(=O)(=O)c2ccccc2)c2ccccc2)nc(-c2ccccc2)n1. The molecule has 0 bridgehead atoms. The molecule has 31 heavy (non-hydrogen) atoms. The second kappa shape index (κ2) is 9.20. The number of benzene rings is 3. The zero-order valence-electron chi connectivity index (χ0n) is 17.1. The first kappa shape index (κ1) is 20.9. The smallest absolute Gasteiger partial charge is 0.233 e. The first-order valence-corrected chi connectivity index (χ1v) is 11.5. The van der Waals surface area contributed by atoms with Crippen molar-refractivity contribution in [1.82, 2.24) is 14.7 Å². The largest absolute Gasteiger partial charge is 0.241 e. The van der Waals surface area contributed by atoms with Crippen LogP contribution in [0.3, 0.4) is 0 Å². The van der Waals surface area contributed by atoms with Crippen LogP contribution in [0.25, 0.3) is 11.4 Å². The van der Waals surface area contributed by atoms with E-state index in [1.54, 1.807) is 30.3 Å². The van der Waals surface area contributed by atoms with Gasteiger partial charge in [-0.05, 0) is 30.7 Å². The second-order valence-electron chi connectivity index (χ2n) is 7.29. The van der Waals surface area contributed by atoms with Crippen molar-refractivity contribution in [3.05, 3.63) is 114 Å². The maximum absolute atomic E-state index is 13.0. The monoisotopic (exact) mass is 429 g/mol. The van der Waals surface area contributed by atoms with Crippen molar-refractivity contribution in [1.29, 1.82) is 0 Å². The van der Waals surface area contributed by atoms with E-state index < -0.39 is 16.1 Å². The number of rotatable bonds is 7. The summed E-state index contributed by atoms with van der Waals surface area (Å²) in [6.07, 6.45) is 0.402. The molecular formula is C25H23N3O2S. The van der Waals surface area contributed by atoms with Gasteiger partial charge in [-0.1, -0.05) is 78.9 Å². The Balaban J connectivity index is 1.69. The lowest BCUT2D eigenvalue weighted by Gasteiger charge is -2.20. The van der Waals surface area contributed by atoms with Crippen molar-refractivity contribution in [2.24, 2.45) is 0 Å². The van der Waals surface area contributed by atoms with Gasteiger partial charge in [-0.25, -0.2) is 23.1 Å². The molecule has 0 saturated carbocycles. The molecule has 6 heteroatoms. The Bertz CT molecular complexity index is 1250. The number of hydrogen-bond donors (Lipinski definition) is 1. The molecule has 1 N–H and O–H groups in total. The third kappa shape index (κ3) is 5.23. The maximum Gasteiger partial charge on any atom is 0.241 e. The fourth-order valence-electron chi connectivity index (χ4n) is 3.43. The van der Waals surface area contributed by atoms with Crippen LogP contribution < -0.4 is 4.72 Å². The van der Waals surface area contributed by atoms with Gasteiger partial charge in [-0.15, -0.1) is 0 Å². The van der Waals surface area contributed by atoms with Crippen LogP contribution in [0.5, 0.6) is 0 Å². The molecule has 0 saturated heterocycles. The van der Waals surface area contributed by atoms with E-state index in [4.69, 9.17) is 4.98 Å². The van der Waals surface area contributed by atoms with Crippen molar-refractivity contribution in [2.75, 3.05) is 0 Å². The lowest BCUT2D eigenvalue weighted by molar-refractivity contribution is 0.552. The summed E-state index contributed by atoms with van der Waals surface area (Å²) in [5.41, 5.74) is 3.41. The van der Waals surface area contributed by atoms with Crippen molar-refractivity contribution in [2.45, 2.75) is 24.3 Å². The molecule has 0 aliphatic carbocycles. The molecule has 4 aromatic rings. The molecule has 0 aliphatic heterocycles. The predicted molar refractivity (Wildman–Crippen MR) is 122 cm³/mol. The Morgan fingerprint density at radius 3 is 2.03 bits per heavy atom. The average molecular weight is 430 g/mol. The van der Waals surface area contributed by atoms with E-state index in [1.807, 2.05) is 73.7 Å². The highest BCUT2D eigenvalue weighted by molar-refractivity contribution is 7.89. The third-order valence-corrected chi connectivity index (χ3v) is 6.39. The highest BCUT2D eigenvalue weighted by Gasteiger charge is 2.22. The van der Waals surface area contributed by atoms with Crippen LogP contribution in [0.1, 0.15) is 23.0 Å². The standard InChI is InChI=1S/C25H23N3O2S/c1-19-17-22(27-25(26-19)21-13-7-3-8-14-21)18-24(20-11-5-2-6-12-20)28-31(29,30)23-15-9-4-10-16-23/h2-17,24,28H,18H2,1H3. The fourth-order valence-corrected chi connectivity index (χ4v) is 4.68. The summed E-state index contributed by atoms with van der Waals surface area (Å²) in [7, 11) is -3.69. The van der Waals surface area contributed by atoms with Gasteiger partial charge in [0.25, 0.3) is 0 Å². The minimum absolute atomic E-state index is 0.236. The molecule has 156 valence electrons. The van der Waals surface area contributed by atoms with E-state index in [0.29, 0.717) is 12.2 Å². The van der Waals surface area contributed by atoms with Gasteiger partial charge < -0.3 is 0 Å². The number of sulfonamides is 1. The zero-order chi connectivity index (χ0) is 21.7. The molecule has 1 unspecified atom stereocenters. The molecule has 5 nitrogen and oxygen atoms in total. The molecule has 1 heterocycles. The second-order valence-corrected chi connectivity index (χ2v) is 9.01.